The molecule has 0 radical (unpaired) electrons. The summed E-state index contributed by atoms with van der Waals surface area (Å²) in [6.45, 7) is 5.47. The second-order valence-electron chi connectivity index (χ2n) is 6.01. The minimum absolute atomic E-state index is 0.144. The number of nitrogens with two attached hydrogens (primary N) is 1. The average Bonchev–Trinajstić information content (AvgIpc) is 2.83. The normalized spacial score (nSPS) is 27.4. The van der Waals surface area contributed by atoms with Crippen molar-refractivity contribution in [3.63, 3.8) is 0 Å². The lowest BCUT2D eigenvalue weighted by Gasteiger charge is -2.47. The minimum atomic E-state index is 0.144. The van der Waals surface area contributed by atoms with E-state index >= 15 is 0 Å². The highest BCUT2D eigenvalue weighted by Gasteiger charge is 2.35. The van der Waals surface area contributed by atoms with E-state index in [0.717, 1.165) is 13.1 Å². The first kappa shape index (κ1) is 13.4. The van der Waals surface area contributed by atoms with E-state index in [1.54, 1.807) is 17.1 Å². The van der Waals surface area contributed by atoms with E-state index in [9.17, 15) is 4.79 Å². The SMILES string of the molecule is CC1CN2CCCCC2CN1C(=O)Cn1cc(N)cn1. The van der Waals surface area contributed by atoms with Crippen LogP contribution >= 0.6 is 0 Å². The highest BCUT2D eigenvalue weighted by molar-refractivity contribution is 5.76. The molecule has 0 spiro atoms. The maximum absolute atomic E-state index is 12.5. The van der Waals surface area contributed by atoms with E-state index in [2.05, 4.69) is 16.9 Å². The molecule has 2 aliphatic rings. The Morgan fingerprint density at radius 2 is 2.30 bits per heavy atom. The molecule has 0 aromatic carbocycles. The topological polar surface area (TPSA) is 67.4 Å². The first-order valence-electron chi connectivity index (χ1n) is 7.45. The number of nitrogens with zero attached hydrogens (tertiary/aromatic N) is 4. The van der Waals surface area contributed by atoms with Crippen LogP contribution in [-0.2, 0) is 11.3 Å². The van der Waals surface area contributed by atoms with Crippen LogP contribution in [0, 0.1) is 0 Å². The first-order chi connectivity index (χ1) is 9.63. The van der Waals surface area contributed by atoms with Gasteiger partial charge in [0.1, 0.15) is 6.54 Å². The minimum Gasteiger partial charge on any atom is -0.396 e. The summed E-state index contributed by atoms with van der Waals surface area (Å²) in [5.41, 5.74) is 6.23. The molecule has 6 heteroatoms. The van der Waals surface area contributed by atoms with Crippen LogP contribution in [0.25, 0.3) is 0 Å². The van der Waals surface area contributed by atoms with Gasteiger partial charge in [-0.2, -0.15) is 5.10 Å². The Morgan fingerprint density at radius 3 is 3.05 bits per heavy atom. The lowest BCUT2D eigenvalue weighted by atomic mass is 9.97. The Morgan fingerprint density at radius 1 is 1.45 bits per heavy atom. The van der Waals surface area contributed by atoms with Crippen LogP contribution in [0.4, 0.5) is 5.69 Å². The lowest BCUT2D eigenvalue weighted by Crippen LogP contribution is -2.60. The predicted octanol–water partition coefficient (Wildman–Crippen LogP) is 0.551. The largest absolute Gasteiger partial charge is 0.396 e. The van der Waals surface area contributed by atoms with Crippen molar-refractivity contribution >= 4 is 11.6 Å². The number of carbonyl (C=O) groups is 1. The zero-order chi connectivity index (χ0) is 14.1. The molecule has 2 saturated heterocycles. The van der Waals surface area contributed by atoms with Crippen molar-refractivity contribution in [2.75, 3.05) is 25.4 Å². The van der Waals surface area contributed by atoms with Gasteiger partial charge in [0, 0.05) is 31.4 Å². The molecule has 1 amide bonds. The number of fused-ring (bicyclic) bond motifs is 1. The second-order valence-corrected chi connectivity index (χ2v) is 6.01. The van der Waals surface area contributed by atoms with Crippen LogP contribution < -0.4 is 5.73 Å². The third kappa shape index (κ3) is 2.65. The van der Waals surface area contributed by atoms with Crippen LogP contribution in [0.3, 0.4) is 0 Å². The van der Waals surface area contributed by atoms with Crippen molar-refractivity contribution in [1.29, 1.82) is 0 Å². The van der Waals surface area contributed by atoms with Crippen LogP contribution in [0.5, 0.6) is 0 Å². The Bertz CT molecular complexity index is 486. The molecule has 6 nitrogen and oxygen atoms in total. The van der Waals surface area contributed by atoms with Gasteiger partial charge in [0.05, 0.1) is 11.9 Å². The average molecular weight is 277 g/mol. The molecule has 1 aromatic heterocycles. The number of amides is 1. The zero-order valence-electron chi connectivity index (χ0n) is 12.0. The molecule has 3 rings (SSSR count). The van der Waals surface area contributed by atoms with Crippen LogP contribution in [-0.4, -0.2) is 57.2 Å². The van der Waals surface area contributed by atoms with Crippen LogP contribution in [0.15, 0.2) is 12.4 Å². The third-order valence-electron chi connectivity index (χ3n) is 4.46. The molecular formula is C14H23N5O. The van der Waals surface area contributed by atoms with Gasteiger partial charge in [-0.05, 0) is 26.3 Å². The number of carbonyl (C=O) groups excluding carboxylic acids is 1. The monoisotopic (exact) mass is 277 g/mol. The molecule has 3 heterocycles. The maximum atomic E-state index is 12.5. The molecule has 20 heavy (non-hydrogen) atoms. The smallest absolute Gasteiger partial charge is 0.244 e. The van der Waals surface area contributed by atoms with E-state index in [4.69, 9.17) is 5.73 Å². The molecule has 2 unspecified atom stereocenters. The molecule has 2 aliphatic heterocycles. The van der Waals surface area contributed by atoms with Crippen molar-refractivity contribution in [1.82, 2.24) is 19.6 Å². The number of hydrogen-bond acceptors (Lipinski definition) is 4. The Balaban J connectivity index is 1.64. The molecule has 2 atom stereocenters. The highest BCUT2D eigenvalue weighted by atomic mass is 16.2. The molecular weight excluding hydrogens is 254 g/mol. The summed E-state index contributed by atoms with van der Waals surface area (Å²) >= 11 is 0. The van der Waals surface area contributed by atoms with E-state index in [1.165, 1.54) is 25.8 Å². The Labute approximate surface area is 119 Å². The fourth-order valence-corrected chi connectivity index (χ4v) is 3.40. The molecule has 110 valence electrons. The number of nitrogen functional groups attached to an aromatic ring is 1. The van der Waals surface area contributed by atoms with Gasteiger partial charge in [0.15, 0.2) is 0 Å². The molecule has 2 fully saturated rings. The number of anilines is 1. The summed E-state index contributed by atoms with van der Waals surface area (Å²) in [7, 11) is 0. The van der Waals surface area contributed by atoms with Gasteiger partial charge < -0.3 is 10.6 Å². The van der Waals surface area contributed by atoms with Gasteiger partial charge in [-0.3, -0.25) is 14.4 Å². The summed E-state index contributed by atoms with van der Waals surface area (Å²) in [5.74, 6) is 0.144. The van der Waals surface area contributed by atoms with Gasteiger partial charge in [0.2, 0.25) is 5.91 Å². The van der Waals surface area contributed by atoms with Gasteiger partial charge in [-0.15, -0.1) is 0 Å². The second kappa shape index (κ2) is 5.44. The van der Waals surface area contributed by atoms with E-state index in [-0.39, 0.29) is 18.5 Å². The third-order valence-corrected chi connectivity index (χ3v) is 4.46. The van der Waals surface area contributed by atoms with E-state index in [1.807, 2.05) is 4.90 Å². The van der Waals surface area contributed by atoms with Gasteiger partial charge >= 0.3 is 0 Å². The van der Waals surface area contributed by atoms with Gasteiger partial charge in [-0.25, -0.2) is 0 Å². The van der Waals surface area contributed by atoms with Crippen molar-refractivity contribution in [3.8, 4) is 0 Å². The van der Waals surface area contributed by atoms with Crippen LogP contribution in [0.2, 0.25) is 0 Å². The quantitative estimate of drug-likeness (QED) is 0.857. The summed E-state index contributed by atoms with van der Waals surface area (Å²) in [4.78, 5) is 17.0. The first-order valence-corrected chi connectivity index (χ1v) is 7.45. The fourth-order valence-electron chi connectivity index (χ4n) is 3.40. The summed E-state index contributed by atoms with van der Waals surface area (Å²) in [6, 6.07) is 0.830. The maximum Gasteiger partial charge on any atom is 0.244 e. The van der Waals surface area contributed by atoms with Gasteiger partial charge in [-0.1, -0.05) is 6.42 Å². The standard InChI is InChI=1S/C14H23N5O/c1-11-7-17-5-3-2-4-13(17)9-19(11)14(20)10-18-8-12(15)6-16-18/h6,8,11,13H,2-5,7,9-10,15H2,1H3. The molecule has 1 aromatic rings. The summed E-state index contributed by atoms with van der Waals surface area (Å²) < 4.78 is 1.62. The Kier molecular flexibility index (Phi) is 3.65. The molecule has 2 N–H and O–H groups in total. The van der Waals surface area contributed by atoms with Crippen molar-refractivity contribution < 1.29 is 4.79 Å². The highest BCUT2D eigenvalue weighted by Crippen LogP contribution is 2.24. The number of hydrogen-bond donors (Lipinski definition) is 1. The van der Waals surface area contributed by atoms with Crippen molar-refractivity contribution in [2.45, 2.75) is 44.8 Å². The van der Waals surface area contributed by atoms with Crippen molar-refractivity contribution in [3.05, 3.63) is 12.4 Å². The fraction of sp³-hybridized carbons (Fsp3) is 0.714. The van der Waals surface area contributed by atoms with Crippen LogP contribution in [0.1, 0.15) is 26.2 Å². The van der Waals surface area contributed by atoms with Gasteiger partial charge in [0.25, 0.3) is 0 Å². The van der Waals surface area contributed by atoms with E-state index < -0.39 is 0 Å². The number of piperazine rings is 1. The Hall–Kier alpha value is -1.56. The molecule has 0 bridgehead atoms. The summed E-state index contributed by atoms with van der Waals surface area (Å²) in [6.07, 6.45) is 7.08. The summed E-state index contributed by atoms with van der Waals surface area (Å²) in [5, 5.41) is 4.09. The lowest BCUT2D eigenvalue weighted by molar-refractivity contribution is -0.138. The molecule has 0 saturated carbocycles. The van der Waals surface area contributed by atoms with Crippen molar-refractivity contribution in [2.24, 2.45) is 0 Å². The number of aromatic nitrogens is 2. The number of piperidine rings is 1. The number of rotatable bonds is 2. The predicted molar refractivity (Wildman–Crippen MR) is 77.0 cm³/mol. The van der Waals surface area contributed by atoms with E-state index in [0.29, 0.717) is 11.7 Å². The molecule has 0 aliphatic carbocycles. The zero-order valence-corrected chi connectivity index (χ0v) is 12.0.